The van der Waals surface area contributed by atoms with Gasteiger partial charge in [0.25, 0.3) is 0 Å². The summed E-state index contributed by atoms with van der Waals surface area (Å²) in [5, 5.41) is 8.59. The van der Waals surface area contributed by atoms with E-state index in [0.717, 1.165) is 30.2 Å². The van der Waals surface area contributed by atoms with Crippen LogP contribution in [0.1, 0.15) is 37.7 Å². The summed E-state index contributed by atoms with van der Waals surface area (Å²) >= 11 is 0. The molecule has 3 nitrogen and oxygen atoms in total. The van der Waals surface area contributed by atoms with Crippen molar-refractivity contribution in [3.63, 3.8) is 0 Å². The Labute approximate surface area is 107 Å². The van der Waals surface area contributed by atoms with Gasteiger partial charge in [-0.05, 0) is 49.5 Å². The Morgan fingerprint density at radius 2 is 2.06 bits per heavy atom. The number of benzene rings is 1. The van der Waals surface area contributed by atoms with Crippen molar-refractivity contribution < 1.29 is 14.6 Å². The largest absolute Gasteiger partial charge is 0.490 e. The summed E-state index contributed by atoms with van der Waals surface area (Å²) in [5.41, 5.74) is 0.853. The molecule has 0 amide bonds. The van der Waals surface area contributed by atoms with Gasteiger partial charge in [-0.15, -0.1) is 0 Å². The first kappa shape index (κ1) is 12.7. The van der Waals surface area contributed by atoms with E-state index in [1.54, 1.807) is 6.08 Å². The zero-order valence-corrected chi connectivity index (χ0v) is 10.3. The van der Waals surface area contributed by atoms with Crippen LogP contribution in [0.5, 0.6) is 5.75 Å². The van der Waals surface area contributed by atoms with E-state index in [1.165, 1.54) is 19.3 Å². The van der Waals surface area contributed by atoms with Crippen LogP contribution in [0.25, 0.3) is 6.08 Å². The first-order valence-corrected chi connectivity index (χ1v) is 6.42. The predicted octanol–water partition coefficient (Wildman–Crippen LogP) is 3.50. The van der Waals surface area contributed by atoms with Gasteiger partial charge in [-0.3, -0.25) is 0 Å². The molecule has 0 heterocycles. The number of hydrogen-bond acceptors (Lipinski definition) is 2. The van der Waals surface area contributed by atoms with E-state index in [0.29, 0.717) is 6.10 Å². The minimum absolute atomic E-state index is 0.317. The maximum atomic E-state index is 10.5. The van der Waals surface area contributed by atoms with Gasteiger partial charge in [0, 0.05) is 6.08 Å². The number of rotatable bonds is 4. The van der Waals surface area contributed by atoms with Crippen molar-refractivity contribution in [2.75, 3.05) is 0 Å². The molecular formula is C15H18O3. The van der Waals surface area contributed by atoms with Gasteiger partial charge in [-0.2, -0.15) is 0 Å². The van der Waals surface area contributed by atoms with Crippen molar-refractivity contribution >= 4 is 12.0 Å². The van der Waals surface area contributed by atoms with Gasteiger partial charge < -0.3 is 9.84 Å². The number of carbonyl (C=O) groups is 1. The third kappa shape index (κ3) is 3.91. The number of hydrogen-bond donors (Lipinski definition) is 1. The molecule has 0 saturated heterocycles. The van der Waals surface area contributed by atoms with Crippen LogP contribution < -0.4 is 4.74 Å². The highest BCUT2D eigenvalue weighted by molar-refractivity contribution is 5.85. The number of aliphatic carboxylic acids is 1. The van der Waals surface area contributed by atoms with Crippen LogP contribution in [0, 0.1) is 0 Å². The van der Waals surface area contributed by atoms with Crippen LogP contribution in [0.3, 0.4) is 0 Å². The van der Waals surface area contributed by atoms with Crippen LogP contribution in [-0.4, -0.2) is 17.2 Å². The Bertz CT molecular complexity index is 431. The van der Waals surface area contributed by atoms with E-state index in [9.17, 15) is 4.79 Å². The first-order valence-electron chi connectivity index (χ1n) is 6.42. The van der Waals surface area contributed by atoms with Gasteiger partial charge in [-0.25, -0.2) is 4.79 Å². The fourth-order valence-corrected chi connectivity index (χ4v) is 2.23. The van der Waals surface area contributed by atoms with E-state index in [1.807, 2.05) is 24.3 Å². The van der Waals surface area contributed by atoms with Crippen molar-refractivity contribution in [2.24, 2.45) is 0 Å². The summed E-state index contributed by atoms with van der Waals surface area (Å²) in [6.45, 7) is 0. The minimum Gasteiger partial charge on any atom is -0.490 e. The monoisotopic (exact) mass is 246 g/mol. The summed E-state index contributed by atoms with van der Waals surface area (Å²) in [5.74, 6) is -0.108. The third-order valence-electron chi connectivity index (χ3n) is 3.13. The quantitative estimate of drug-likeness (QED) is 0.827. The zero-order chi connectivity index (χ0) is 12.8. The van der Waals surface area contributed by atoms with E-state index < -0.39 is 5.97 Å². The standard InChI is InChI=1S/C15H18O3/c16-15(17)10-9-12-5-4-8-14(11-12)18-13-6-2-1-3-7-13/h4-5,8-11,13H,1-3,6-7H2,(H,16,17)/b10-9-. The summed E-state index contributed by atoms with van der Waals surface area (Å²) in [6.07, 6.45) is 9.06. The predicted molar refractivity (Wildman–Crippen MR) is 70.6 cm³/mol. The lowest BCUT2D eigenvalue weighted by molar-refractivity contribution is -0.131. The lowest BCUT2D eigenvalue weighted by atomic mass is 9.98. The average molecular weight is 246 g/mol. The Kier molecular flexibility index (Phi) is 4.40. The molecular weight excluding hydrogens is 228 g/mol. The highest BCUT2D eigenvalue weighted by Gasteiger charge is 2.14. The highest BCUT2D eigenvalue weighted by Crippen LogP contribution is 2.24. The maximum absolute atomic E-state index is 10.5. The second-order valence-electron chi connectivity index (χ2n) is 4.62. The molecule has 0 aliphatic heterocycles. The Hall–Kier alpha value is -1.77. The maximum Gasteiger partial charge on any atom is 0.328 e. The van der Waals surface area contributed by atoms with Crippen molar-refractivity contribution in [1.82, 2.24) is 0 Å². The van der Waals surface area contributed by atoms with E-state index in [4.69, 9.17) is 9.84 Å². The van der Waals surface area contributed by atoms with Gasteiger partial charge in [-0.1, -0.05) is 18.6 Å². The number of carboxylic acids is 1. The minimum atomic E-state index is -0.936. The average Bonchev–Trinajstić information content (AvgIpc) is 2.38. The molecule has 1 saturated carbocycles. The molecule has 1 aromatic carbocycles. The van der Waals surface area contributed by atoms with E-state index in [-0.39, 0.29) is 0 Å². The summed E-state index contributed by atoms with van der Waals surface area (Å²) in [4.78, 5) is 10.5. The first-order chi connectivity index (χ1) is 8.74. The molecule has 1 N–H and O–H groups in total. The molecule has 3 heteroatoms. The van der Waals surface area contributed by atoms with Gasteiger partial charge in [0.1, 0.15) is 5.75 Å². The molecule has 0 unspecified atom stereocenters. The molecule has 1 aromatic rings. The van der Waals surface area contributed by atoms with Gasteiger partial charge >= 0.3 is 5.97 Å². The molecule has 18 heavy (non-hydrogen) atoms. The number of carboxylic acid groups (broad SMARTS) is 1. The SMILES string of the molecule is O=C(O)/C=C\c1cccc(OC2CCCCC2)c1. The van der Waals surface area contributed by atoms with Crippen molar-refractivity contribution in [1.29, 1.82) is 0 Å². The fourth-order valence-electron chi connectivity index (χ4n) is 2.23. The summed E-state index contributed by atoms with van der Waals surface area (Å²) in [6, 6.07) is 7.56. The van der Waals surface area contributed by atoms with Gasteiger partial charge in [0.2, 0.25) is 0 Å². The third-order valence-corrected chi connectivity index (χ3v) is 3.13. The lowest BCUT2D eigenvalue weighted by Crippen LogP contribution is -2.19. The molecule has 96 valence electrons. The summed E-state index contributed by atoms with van der Waals surface area (Å²) < 4.78 is 5.92. The second-order valence-corrected chi connectivity index (χ2v) is 4.62. The van der Waals surface area contributed by atoms with E-state index >= 15 is 0 Å². The van der Waals surface area contributed by atoms with Crippen molar-refractivity contribution in [3.05, 3.63) is 35.9 Å². The van der Waals surface area contributed by atoms with Crippen LogP contribution in [-0.2, 0) is 4.79 Å². The molecule has 1 aliphatic carbocycles. The Morgan fingerprint density at radius 1 is 1.28 bits per heavy atom. The topological polar surface area (TPSA) is 46.5 Å². The molecule has 2 rings (SSSR count). The summed E-state index contributed by atoms with van der Waals surface area (Å²) in [7, 11) is 0. The molecule has 0 spiro atoms. The van der Waals surface area contributed by atoms with Crippen molar-refractivity contribution in [2.45, 2.75) is 38.2 Å². The lowest BCUT2D eigenvalue weighted by Gasteiger charge is -2.23. The Morgan fingerprint density at radius 3 is 2.78 bits per heavy atom. The fraction of sp³-hybridized carbons (Fsp3) is 0.400. The number of ether oxygens (including phenoxy) is 1. The molecule has 0 atom stereocenters. The van der Waals surface area contributed by atoms with Gasteiger partial charge in [0.15, 0.2) is 0 Å². The van der Waals surface area contributed by atoms with Gasteiger partial charge in [0.05, 0.1) is 6.10 Å². The molecule has 1 fully saturated rings. The van der Waals surface area contributed by atoms with Crippen molar-refractivity contribution in [3.8, 4) is 5.75 Å². The van der Waals surface area contributed by atoms with Crippen LogP contribution in [0.4, 0.5) is 0 Å². The molecule has 0 bridgehead atoms. The highest BCUT2D eigenvalue weighted by atomic mass is 16.5. The van der Waals surface area contributed by atoms with Crippen LogP contribution >= 0.6 is 0 Å². The normalized spacial score (nSPS) is 16.9. The molecule has 0 aromatic heterocycles. The molecule has 0 radical (unpaired) electrons. The van der Waals surface area contributed by atoms with E-state index in [2.05, 4.69) is 0 Å². The van der Waals surface area contributed by atoms with Crippen LogP contribution in [0.2, 0.25) is 0 Å². The second kappa shape index (κ2) is 6.24. The molecule has 1 aliphatic rings. The zero-order valence-electron chi connectivity index (χ0n) is 10.3. The van der Waals surface area contributed by atoms with Crippen LogP contribution in [0.15, 0.2) is 30.3 Å². The smallest absolute Gasteiger partial charge is 0.328 e. The Balaban J connectivity index is 2.00.